The van der Waals surface area contributed by atoms with Gasteiger partial charge in [0.15, 0.2) is 0 Å². The molecule has 32 heavy (non-hydrogen) atoms. The van der Waals surface area contributed by atoms with Crippen LogP contribution in [0.1, 0.15) is 22.6 Å². The van der Waals surface area contributed by atoms with Crippen LogP contribution in [0.5, 0.6) is 5.75 Å². The van der Waals surface area contributed by atoms with Crippen molar-refractivity contribution in [2.75, 3.05) is 20.8 Å². The van der Waals surface area contributed by atoms with Crippen LogP contribution in [0.4, 0.5) is 0 Å². The van der Waals surface area contributed by atoms with Crippen LogP contribution in [0.2, 0.25) is 0 Å². The standard InChI is InChI=1S/C24H25N3O4S/c1-16-11-18(17(2)27(16)9-10-29-3)12-19(13-25)24(28)31-14-20-15-32-23(26-20)21-7-5-6-8-22(21)30-4/h5-8,11-12,15H,9-10,14H2,1-4H3/b19-12-. The lowest BCUT2D eigenvalue weighted by atomic mass is 10.1. The smallest absolute Gasteiger partial charge is 0.349 e. The van der Waals surface area contributed by atoms with Gasteiger partial charge in [0.25, 0.3) is 0 Å². The highest BCUT2D eigenvalue weighted by Gasteiger charge is 2.16. The molecule has 2 aromatic heterocycles. The largest absolute Gasteiger partial charge is 0.496 e. The van der Waals surface area contributed by atoms with Crippen LogP contribution in [-0.2, 0) is 27.4 Å². The number of aromatic nitrogens is 2. The molecular formula is C24H25N3O4S. The van der Waals surface area contributed by atoms with Crippen LogP contribution in [0.15, 0.2) is 41.3 Å². The maximum Gasteiger partial charge on any atom is 0.349 e. The Morgan fingerprint density at radius 3 is 2.78 bits per heavy atom. The lowest BCUT2D eigenvalue weighted by molar-refractivity contribution is -0.139. The van der Waals surface area contributed by atoms with Gasteiger partial charge in [-0.2, -0.15) is 5.26 Å². The molecule has 0 fully saturated rings. The minimum absolute atomic E-state index is 0.0175. The van der Waals surface area contributed by atoms with Crippen molar-refractivity contribution in [1.29, 1.82) is 5.26 Å². The van der Waals surface area contributed by atoms with E-state index in [1.807, 2.05) is 55.6 Å². The average molecular weight is 452 g/mol. The van der Waals surface area contributed by atoms with Crippen LogP contribution in [-0.4, -0.2) is 36.3 Å². The molecule has 166 valence electrons. The van der Waals surface area contributed by atoms with Crippen molar-refractivity contribution in [3.8, 4) is 22.4 Å². The van der Waals surface area contributed by atoms with Crippen LogP contribution >= 0.6 is 11.3 Å². The molecule has 3 rings (SSSR count). The van der Waals surface area contributed by atoms with Gasteiger partial charge in [-0.3, -0.25) is 0 Å². The Labute approximate surface area is 191 Å². The van der Waals surface area contributed by atoms with Crippen LogP contribution in [0.3, 0.4) is 0 Å². The SMILES string of the molecule is COCCn1c(C)cc(/C=C(/C#N)C(=O)OCc2csc(-c3ccccc3OC)n2)c1C. The maximum absolute atomic E-state index is 12.5. The summed E-state index contributed by atoms with van der Waals surface area (Å²) in [5, 5.41) is 12.1. The van der Waals surface area contributed by atoms with E-state index in [0.29, 0.717) is 18.8 Å². The van der Waals surface area contributed by atoms with Crippen molar-refractivity contribution in [2.45, 2.75) is 27.0 Å². The van der Waals surface area contributed by atoms with E-state index in [1.165, 1.54) is 11.3 Å². The highest BCUT2D eigenvalue weighted by atomic mass is 32.1. The number of carbonyl (C=O) groups is 1. The lowest BCUT2D eigenvalue weighted by Gasteiger charge is -2.08. The first-order chi connectivity index (χ1) is 15.5. The first-order valence-corrected chi connectivity index (χ1v) is 10.9. The summed E-state index contributed by atoms with van der Waals surface area (Å²) in [6.45, 7) is 5.19. The lowest BCUT2D eigenvalue weighted by Crippen LogP contribution is -2.08. The van der Waals surface area contributed by atoms with E-state index in [2.05, 4.69) is 9.55 Å². The fraction of sp³-hybridized carbons (Fsp3) is 0.292. The first kappa shape index (κ1) is 23.3. The third kappa shape index (κ3) is 5.25. The van der Waals surface area contributed by atoms with E-state index in [0.717, 1.165) is 33.3 Å². The number of methoxy groups -OCH3 is 2. The molecule has 8 heteroatoms. The average Bonchev–Trinajstić information content (AvgIpc) is 3.38. The summed E-state index contributed by atoms with van der Waals surface area (Å²) < 4.78 is 18.0. The topological polar surface area (TPSA) is 86.4 Å². The molecule has 0 saturated heterocycles. The monoisotopic (exact) mass is 451 g/mol. The first-order valence-electron chi connectivity index (χ1n) is 10.0. The highest BCUT2D eigenvalue weighted by Crippen LogP contribution is 2.32. The van der Waals surface area contributed by atoms with Crippen LogP contribution in [0.25, 0.3) is 16.6 Å². The van der Waals surface area contributed by atoms with E-state index in [1.54, 1.807) is 20.3 Å². The number of aryl methyl sites for hydroxylation is 1. The summed E-state index contributed by atoms with van der Waals surface area (Å²) in [6, 6.07) is 11.5. The van der Waals surface area contributed by atoms with Gasteiger partial charge in [0.2, 0.25) is 0 Å². The zero-order valence-corrected chi connectivity index (χ0v) is 19.4. The van der Waals surface area contributed by atoms with Gasteiger partial charge in [-0.1, -0.05) is 12.1 Å². The second kappa shape index (κ2) is 10.8. The predicted octanol–water partition coefficient (Wildman–Crippen LogP) is 4.53. The third-order valence-electron chi connectivity index (χ3n) is 5.01. The number of nitrogens with zero attached hydrogens (tertiary/aromatic N) is 3. The molecule has 0 aliphatic rings. The van der Waals surface area contributed by atoms with Gasteiger partial charge in [-0.25, -0.2) is 9.78 Å². The van der Waals surface area contributed by atoms with Crippen molar-refractivity contribution in [1.82, 2.24) is 9.55 Å². The fourth-order valence-corrected chi connectivity index (χ4v) is 4.16. The summed E-state index contributed by atoms with van der Waals surface area (Å²) in [5.74, 6) is 0.0456. The predicted molar refractivity (Wildman–Crippen MR) is 123 cm³/mol. The maximum atomic E-state index is 12.5. The Kier molecular flexibility index (Phi) is 7.82. The molecule has 7 nitrogen and oxygen atoms in total. The van der Waals surface area contributed by atoms with Gasteiger partial charge in [0.05, 0.1) is 25.0 Å². The molecule has 0 aliphatic carbocycles. The summed E-state index contributed by atoms with van der Waals surface area (Å²) >= 11 is 1.44. The molecule has 0 spiro atoms. The number of nitriles is 1. The van der Waals surface area contributed by atoms with Crippen molar-refractivity contribution < 1.29 is 19.0 Å². The Hall–Kier alpha value is -3.41. The van der Waals surface area contributed by atoms with E-state index in [4.69, 9.17) is 14.2 Å². The molecule has 0 saturated carbocycles. The summed E-state index contributed by atoms with van der Waals surface area (Å²) in [7, 11) is 3.26. The molecular weight excluding hydrogens is 426 g/mol. The number of esters is 1. The number of rotatable bonds is 9. The fourth-order valence-electron chi connectivity index (χ4n) is 3.33. The molecule has 0 unspecified atom stereocenters. The van der Waals surface area contributed by atoms with Gasteiger partial charge in [-0.15, -0.1) is 11.3 Å². The summed E-state index contributed by atoms with van der Waals surface area (Å²) in [5.41, 5.74) is 4.22. The number of ether oxygens (including phenoxy) is 3. The van der Waals surface area contributed by atoms with Gasteiger partial charge < -0.3 is 18.8 Å². The number of carbonyl (C=O) groups excluding carboxylic acids is 1. The molecule has 0 bridgehead atoms. The second-order valence-electron chi connectivity index (χ2n) is 7.06. The van der Waals surface area contributed by atoms with Crippen LogP contribution < -0.4 is 4.74 Å². The quantitative estimate of drug-likeness (QED) is 0.270. The third-order valence-corrected chi connectivity index (χ3v) is 5.94. The van der Waals surface area contributed by atoms with Gasteiger partial charge in [0.1, 0.15) is 29.0 Å². The minimum Gasteiger partial charge on any atom is -0.496 e. The molecule has 0 amide bonds. The normalized spacial score (nSPS) is 11.3. The van der Waals surface area contributed by atoms with Crippen molar-refractivity contribution >= 4 is 23.4 Å². The summed E-state index contributed by atoms with van der Waals surface area (Å²) in [4.78, 5) is 17.1. The number of thiazole rings is 1. The number of para-hydroxylation sites is 1. The van der Waals surface area contributed by atoms with E-state index in [-0.39, 0.29) is 12.2 Å². The van der Waals surface area contributed by atoms with E-state index in [9.17, 15) is 10.1 Å². The van der Waals surface area contributed by atoms with E-state index < -0.39 is 5.97 Å². The van der Waals surface area contributed by atoms with Crippen molar-refractivity contribution in [2.24, 2.45) is 0 Å². The molecule has 0 radical (unpaired) electrons. The summed E-state index contributed by atoms with van der Waals surface area (Å²) in [6.07, 6.45) is 1.56. The van der Waals surface area contributed by atoms with Crippen LogP contribution in [0, 0.1) is 25.2 Å². The van der Waals surface area contributed by atoms with Gasteiger partial charge >= 0.3 is 5.97 Å². The molecule has 3 aromatic rings. The minimum atomic E-state index is -0.680. The second-order valence-corrected chi connectivity index (χ2v) is 7.92. The molecule has 0 N–H and O–H groups in total. The van der Waals surface area contributed by atoms with Gasteiger partial charge in [0, 0.05) is 30.4 Å². The Balaban J connectivity index is 1.71. The highest BCUT2D eigenvalue weighted by molar-refractivity contribution is 7.13. The molecule has 1 aromatic carbocycles. The number of hydrogen-bond acceptors (Lipinski definition) is 7. The number of benzene rings is 1. The zero-order valence-electron chi connectivity index (χ0n) is 18.5. The Morgan fingerprint density at radius 1 is 1.28 bits per heavy atom. The Morgan fingerprint density at radius 2 is 2.06 bits per heavy atom. The van der Waals surface area contributed by atoms with Crippen molar-refractivity contribution in [3.63, 3.8) is 0 Å². The number of hydrogen-bond donors (Lipinski definition) is 0. The van der Waals surface area contributed by atoms with E-state index >= 15 is 0 Å². The molecule has 0 atom stereocenters. The Bertz CT molecular complexity index is 1170. The van der Waals surface area contributed by atoms with Crippen molar-refractivity contribution in [3.05, 3.63) is 63.9 Å². The zero-order chi connectivity index (χ0) is 23.1. The van der Waals surface area contributed by atoms with Gasteiger partial charge in [-0.05, 0) is 43.7 Å². The molecule has 2 heterocycles. The molecule has 0 aliphatic heterocycles.